The number of nitrogens with one attached hydrogen (secondary N) is 3. The van der Waals surface area contributed by atoms with Gasteiger partial charge in [0.2, 0.25) is 5.91 Å². The van der Waals surface area contributed by atoms with Crippen LogP contribution in [0.2, 0.25) is 0 Å². The molecule has 0 spiro atoms. The van der Waals surface area contributed by atoms with Crippen molar-refractivity contribution in [3.05, 3.63) is 29.1 Å². The molecule has 6 heteroatoms. The SMILES string of the molecule is O=C(Nc1ccc2c(c1F)CCNC2)C1COCCN1. The summed E-state index contributed by atoms with van der Waals surface area (Å²) in [5, 5.41) is 8.90. The summed E-state index contributed by atoms with van der Waals surface area (Å²) in [6.45, 7) is 3.00. The molecule has 1 saturated heterocycles. The van der Waals surface area contributed by atoms with Crippen LogP contribution in [0, 0.1) is 5.82 Å². The van der Waals surface area contributed by atoms with Gasteiger partial charge < -0.3 is 20.7 Å². The molecule has 20 heavy (non-hydrogen) atoms. The lowest BCUT2D eigenvalue weighted by Gasteiger charge is -2.24. The van der Waals surface area contributed by atoms with Crippen LogP contribution in [0.15, 0.2) is 12.1 Å². The minimum atomic E-state index is -0.416. The van der Waals surface area contributed by atoms with Gasteiger partial charge in [-0.2, -0.15) is 0 Å². The molecule has 1 aromatic rings. The molecule has 2 aliphatic heterocycles. The number of morpholine rings is 1. The van der Waals surface area contributed by atoms with Gasteiger partial charge in [-0.15, -0.1) is 0 Å². The molecular formula is C14H18FN3O2. The number of carbonyl (C=O) groups excluding carboxylic acids is 1. The molecule has 0 bridgehead atoms. The van der Waals surface area contributed by atoms with E-state index in [9.17, 15) is 9.18 Å². The Balaban J connectivity index is 1.75. The summed E-state index contributed by atoms with van der Waals surface area (Å²) in [5.41, 5.74) is 1.92. The van der Waals surface area contributed by atoms with Gasteiger partial charge in [0.15, 0.2) is 0 Å². The summed E-state index contributed by atoms with van der Waals surface area (Å²) in [5.74, 6) is -0.563. The fraction of sp³-hybridized carbons (Fsp3) is 0.500. The van der Waals surface area contributed by atoms with Crippen LogP contribution in [0.25, 0.3) is 0 Å². The third kappa shape index (κ3) is 2.67. The highest BCUT2D eigenvalue weighted by Gasteiger charge is 2.23. The van der Waals surface area contributed by atoms with E-state index in [0.717, 1.165) is 12.1 Å². The number of amides is 1. The van der Waals surface area contributed by atoms with E-state index in [0.29, 0.717) is 38.3 Å². The number of hydrogen-bond acceptors (Lipinski definition) is 4. The Morgan fingerprint density at radius 1 is 1.40 bits per heavy atom. The van der Waals surface area contributed by atoms with Crippen molar-refractivity contribution in [3.63, 3.8) is 0 Å². The Bertz CT molecular complexity index is 515. The number of anilines is 1. The topological polar surface area (TPSA) is 62.4 Å². The summed E-state index contributed by atoms with van der Waals surface area (Å²) in [6.07, 6.45) is 0.648. The summed E-state index contributed by atoms with van der Waals surface area (Å²) < 4.78 is 19.6. The van der Waals surface area contributed by atoms with Crippen LogP contribution in [-0.2, 0) is 22.5 Å². The number of benzene rings is 1. The lowest BCUT2D eigenvalue weighted by molar-refractivity contribution is -0.120. The minimum absolute atomic E-state index is 0.252. The first-order valence-electron chi connectivity index (χ1n) is 6.88. The first-order valence-corrected chi connectivity index (χ1v) is 6.88. The van der Waals surface area contributed by atoms with Crippen molar-refractivity contribution in [2.45, 2.75) is 19.0 Å². The van der Waals surface area contributed by atoms with Gasteiger partial charge in [0.1, 0.15) is 11.9 Å². The molecule has 1 unspecified atom stereocenters. The summed E-state index contributed by atoms with van der Waals surface area (Å²) in [6, 6.07) is 3.08. The van der Waals surface area contributed by atoms with Crippen molar-refractivity contribution in [1.29, 1.82) is 0 Å². The fourth-order valence-corrected chi connectivity index (χ4v) is 2.58. The summed E-state index contributed by atoms with van der Waals surface area (Å²) >= 11 is 0. The normalized spacial score (nSPS) is 22.1. The molecule has 5 nitrogen and oxygen atoms in total. The second kappa shape index (κ2) is 5.87. The van der Waals surface area contributed by atoms with Crippen LogP contribution in [0.3, 0.4) is 0 Å². The molecule has 1 fully saturated rings. The van der Waals surface area contributed by atoms with Crippen LogP contribution in [-0.4, -0.2) is 38.3 Å². The van der Waals surface area contributed by atoms with E-state index in [1.54, 1.807) is 6.07 Å². The smallest absolute Gasteiger partial charge is 0.243 e. The van der Waals surface area contributed by atoms with E-state index in [2.05, 4.69) is 16.0 Å². The molecule has 0 saturated carbocycles. The van der Waals surface area contributed by atoms with Crippen LogP contribution < -0.4 is 16.0 Å². The number of carbonyl (C=O) groups is 1. The van der Waals surface area contributed by atoms with Gasteiger partial charge in [0, 0.05) is 13.1 Å². The molecule has 2 heterocycles. The first kappa shape index (κ1) is 13.5. The van der Waals surface area contributed by atoms with E-state index in [1.165, 1.54) is 0 Å². The van der Waals surface area contributed by atoms with Gasteiger partial charge in [0.25, 0.3) is 0 Å². The van der Waals surface area contributed by atoms with E-state index in [4.69, 9.17) is 4.74 Å². The molecule has 1 aromatic carbocycles. The number of rotatable bonds is 2. The third-order valence-corrected chi connectivity index (χ3v) is 3.70. The van der Waals surface area contributed by atoms with Gasteiger partial charge in [-0.25, -0.2) is 4.39 Å². The zero-order valence-corrected chi connectivity index (χ0v) is 11.2. The predicted octanol–water partition coefficient (Wildman–Crippen LogP) is 0.398. The van der Waals surface area contributed by atoms with Gasteiger partial charge in [-0.05, 0) is 30.2 Å². The maximum atomic E-state index is 14.4. The van der Waals surface area contributed by atoms with E-state index >= 15 is 0 Å². The predicted molar refractivity (Wildman–Crippen MR) is 73.1 cm³/mol. The highest BCUT2D eigenvalue weighted by molar-refractivity contribution is 5.95. The van der Waals surface area contributed by atoms with Crippen LogP contribution in [0.1, 0.15) is 11.1 Å². The Labute approximate surface area is 116 Å². The maximum Gasteiger partial charge on any atom is 0.243 e. The Morgan fingerprint density at radius 3 is 3.10 bits per heavy atom. The molecule has 1 atom stereocenters. The highest BCUT2D eigenvalue weighted by Crippen LogP contribution is 2.24. The van der Waals surface area contributed by atoms with Crippen molar-refractivity contribution in [3.8, 4) is 0 Å². The standard InChI is InChI=1S/C14H18FN3O2/c15-13-10-3-4-16-7-9(10)1-2-11(13)18-14(19)12-8-20-6-5-17-12/h1-2,12,16-17H,3-8H2,(H,18,19). The van der Waals surface area contributed by atoms with Crippen molar-refractivity contribution in [1.82, 2.24) is 10.6 Å². The van der Waals surface area contributed by atoms with Gasteiger partial charge >= 0.3 is 0 Å². The number of ether oxygens (including phenoxy) is 1. The molecule has 0 radical (unpaired) electrons. The third-order valence-electron chi connectivity index (χ3n) is 3.70. The van der Waals surface area contributed by atoms with E-state index < -0.39 is 6.04 Å². The Morgan fingerprint density at radius 2 is 2.30 bits per heavy atom. The second-order valence-electron chi connectivity index (χ2n) is 5.06. The molecular weight excluding hydrogens is 261 g/mol. The van der Waals surface area contributed by atoms with E-state index in [1.807, 2.05) is 6.07 Å². The van der Waals surface area contributed by atoms with E-state index in [-0.39, 0.29) is 17.4 Å². The van der Waals surface area contributed by atoms with Crippen LogP contribution >= 0.6 is 0 Å². The van der Waals surface area contributed by atoms with Gasteiger partial charge in [0.05, 0.1) is 18.9 Å². The maximum absolute atomic E-state index is 14.4. The average molecular weight is 279 g/mol. The van der Waals surface area contributed by atoms with Crippen molar-refractivity contribution in [2.75, 3.05) is 31.6 Å². The van der Waals surface area contributed by atoms with Crippen molar-refractivity contribution in [2.24, 2.45) is 0 Å². The van der Waals surface area contributed by atoms with Crippen molar-refractivity contribution >= 4 is 11.6 Å². The second-order valence-corrected chi connectivity index (χ2v) is 5.06. The zero-order valence-electron chi connectivity index (χ0n) is 11.2. The molecule has 1 amide bonds. The van der Waals surface area contributed by atoms with Gasteiger partial charge in [-0.1, -0.05) is 6.07 Å². The minimum Gasteiger partial charge on any atom is -0.378 e. The molecule has 0 aliphatic carbocycles. The van der Waals surface area contributed by atoms with Crippen LogP contribution in [0.4, 0.5) is 10.1 Å². The number of halogens is 1. The molecule has 108 valence electrons. The highest BCUT2D eigenvalue weighted by atomic mass is 19.1. The monoisotopic (exact) mass is 279 g/mol. The molecule has 3 rings (SSSR count). The lowest BCUT2D eigenvalue weighted by Crippen LogP contribution is -2.49. The largest absolute Gasteiger partial charge is 0.378 e. The van der Waals surface area contributed by atoms with Crippen LogP contribution in [0.5, 0.6) is 0 Å². The fourth-order valence-electron chi connectivity index (χ4n) is 2.58. The summed E-state index contributed by atoms with van der Waals surface area (Å²) in [4.78, 5) is 12.1. The average Bonchev–Trinajstić information content (AvgIpc) is 2.51. The molecule has 3 N–H and O–H groups in total. The first-order chi connectivity index (χ1) is 9.75. The number of fused-ring (bicyclic) bond motifs is 1. The number of hydrogen-bond donors (Lipinski definition) is 3. The quantitative estimate of drug-likeness (QED) is 0.733. The zero-order chi connectivity index (χ0) is 13.9. The molecule has 0 aromatic heterocycles. The lowest BCUT2D eigenvalue weighted by atomic mass is 9.99. The van der Waals surface area contributed by atoms with Gasteiger partial charge in [-0.3, -0.25) is 4.79 Å². The Hall–Kier alpha value is -1.50. The molecule has 2 aliphatic rings. The Kier molecular flexibility index (Phi) is 3.95. The van der Waals surface area contributed by atoms with Crippen molar-refractivity contribution < 1.29 is 13.9 Å². The summed E-state index contributed by atoms with van der Waals surface area (Å²) in [7, 11) is 0.